The van der Waals surface area contributed by atoms with Gasteiger partial charge < -0.3 is 0 Å². The molecule has 0 saturated heterocycles. The van der Waals surface area contributed by atoms with Crippen LogP contribution in [0, 0.1) is 16.0 Å². The third-order valence-electron chi connectivity index (χ3n) is 3.43. The monoisotopic (exact) mass is 353 g/mol. The molecule has 0 unspecified atom stereocenters. The predicted molar refractivity (Wildman–Crippen MR) is 89.8 cm³/mol. The zero-order valence-electron chi connectivity index (χ0n) is 13.4. The molecule has 0 radical (unpaired) electrons. The molecule has 0 saturated carbocycles. The van der Waals surface area contributed by atoms with Crippen LogP contribution in [0.3, 0.4) is 0 Å². The molecule has 0 N–H and O–H groups in total. The molecule has 24 heavy (non-hydrogen) atoms. The van der Waals surface area contributed by atoms with Crippen molar-refractivity contribution >= 4 is 15.7 Å². The van der Waals surface area contributed by atoms with E-state index in [1.54, 1.807) is 0 Å². The maximum Gasteiger partial charge on any atom is 0.269 e. The Labute approximate surface area is 140 Å². The Balaban J connectivity index is 3.31. The summed E-state index contributed by atoms with van der Waals surface area (Å²) in [7, 11) is -3.92. The molecule has 0 aromatic heterocycles. The largest absolute Gasteiger partial charge is 0.269 e. The summed E-state index contributed by atoms with van der Waals surface area (Å²) >= 11 is 0. The number of benzene rings is 1. The predicted octanol–water partition coefficient (Wildman–Crippen LogP) is 3.11. The number of nitro groups is 1. The number of nitro benzene ring substituents is 1. The first kappa shape index (κ1) is 19.6. The van der Waals surface area contributed by atoms with Crippen molar-refractivity contribution in [3.8, 4) is 0 Å². The second kappa shape index (κ2) is 8.44. The first-order valence-corrected chi connectivity index (χ1v) is 8.57. The second-order valence-electron chi connectivity index (χ2n) is 5.34. The van der Waals surface area contributed by atoms with Crippen molar-refractivity contribution in [2.45, 2.75) is 24.8 Å². The van der Waals surface area contributed by atoms with Crippen LogP contribution in [0.4, 0.5) is 5.69 Å². The number of rotatable bonds is 9. The van der Waals surface area contributed by atoms with Crippen LogP contribution in [0.1, 0.15) is 13.8 Å². The standard InChI is InChI=1S/C14H19N5O4S/c1-4-9-18(14(11(2)3)10-16-17-15)24(22,23)13-7-5-12(6-8-13)19(20)21/h4-8,11,14H,1,9-10H2,2-3H3/t14-/m1/s1. The van der Waals surface area contributed by atoms with E-state index in [0.29, 0.717) is 0 Å². The molecule has 10 heteroatoms. The quantitative estimate of drug-likeness (QED) is 0.169. The van der Waals surface area contributed by atoms with Crippen LogP contribution in [-0.4, -0.2) is 36.8 Å². The Hall–Kier alpha value is -2.42. The number of hydrogen-bond acceptors (Lipinski definition) is 5. The van der Waals surface area contributed by atoms with Crippen molar-refractivity contribution in [1.82, 2.24) is 4.31 Å². The molecule has 130 valence electrons. The number of nitrogens with zero attached hydrogens (tertiary/aromatic N) is 5. The van der Waals surface area contributed by atoms with Gasteiger partial charge in [0.1, 0.15) is 0 Å². The lowest BCUT2D eigenvalue weighted by Gasteiger charge is -2.31. The van der Waals surface area contributed by atoms with Gasteiger partial charge in [0, 0.05) is 36.2 Å². The molecule has 0 aliphatic carbocycles. The number of non-ortho nitro benzene ring substituents is 1. The average molecular weight is 353 g/mol. The highest BCUT2D eigenvalue weighted by Gasteiger charge is 2.32. The molecule has 1 aromatic carbocycles. The molecule has 0 amide bonds. The molecule has 0 spiro atoms. The van der Waals surface area contributed by atoms with Gasteiger partial charge in [0.05, 0.1) is 9.82 Å². The van der Waals surface area contributed by atoms with E-state index in [1.807, 2.05) is 13.8 Å². The molecule has 1 aromatic rings. The van der Waals surface area contributed by atoms with Crippen molar-refractivity contribution in [3.05, 3.63) is 57.5 Å². The number of hydrogen-bond donors (Lipinski definition) is 0. The van der Waals surface area contributed by atoms with E-state index in [-0.39, 0.29) is 29.6 Å². The summed E-state index contributed by atoms with van der Waals surface area (Å²) in [6.07, 6.45) is 1.44. The fourth-order valence-electron chi connectivity index (χ4n) is 2.17. The first-order valence-electron chi connectivity index (χ1n) is 7.13. The van der Waals surface area contributed by atoms with E-state index in [2.05, 4.69) is 16.6 Å². The molecule has 0 aliphatic rings. The summed E-state index contributed by atoms with van der Waals surface area (Å²) in [4.78, 5) is 12.7. The van der Waals surface area contributed by atoms with Crippen LogP contribution >= 0.6 is 0 Å². The molecule has 1 rings (SSSR count). The SMILES string of the molecule is C=CCN([C@H](CN=[N+]=[N-])C(C)C)S(=O)(=O)c1ccc([N+](=O)[O-])cc1. The van der Waals surface area contributed by atoms with Crippen molar-refractivity contribution < 1.29 is 13.3 Å². The highest BCUT2D eigenvalue weighted by Crippen LogP contribution is 2.24. The van der Waals surface area contributed by atoms with Crippen LogP contribution < -0.4 is 0 Å². The van der Waals surface area contributed by atoms with Gasteiger partial charge in [-0.3, -0.25) is 10.1 Å². The van der Waals surface area contributed by atoms with Crippen LogP contribution in [0.2, 0.25) is 0 Å². The lowest BCUT2D eigenvalue weighted by Crippen LogP contribution is -2.45. The summed E-state index contributed by atoms with van der Waals surface area (Å²) in [5.74, 6) is -0.108. The summed E-state index contributed by atoms with van der Waals surface area (Å²) in [6, 6.07) is 4.09. The van der Waals surface area contributed by atoms with Gasteiger partial charge in [0.25, 0.3) is 5.69 Å². The molecular weight excluding hydrogens is 334 g/mol. The second-order valence-corrected chi connectivity index (χ2v) is 7.23. The van der Waals surface area contributed by atoms with Crippen LogP contribution in [-0.2, 0) is 10.0 Å². The number of azide groups is 1. The first-order chi connectivity index (χ1) is 11.3. The maximum atomic E-state index is 12.9. The van der Waals surface area contributed by atoms with E-state index in [1.165, 1.54) is 22.5 Å². The van der Waals surface area contributed by atoms with Crippen molar-refractivity contribution in [1.29, 1.82) is 0 Å². The van der Waals surface area contributed by atoms with Crippen molar-refractivity contribution in [2.75, 3.05) is 13.1 Å². The van der Waals surface area contributed by atoms with Gasteiger partial charge in [-0.15, -0.1) is 6.58 Å². The zero-order chi connectivity index (χ0) is 18.3. The van der Waals surface area contributed by atoms with Gasteiger partial charge in [-0.2, -0.15) is 4.31 Å². The smallest absolute Gasteiger partial charge is 0.258 e. The van der Waals surface area contributed by atoms with Crippen LogP contribution in [0.15, 0.2) is 46.9 Å². The molecule has 9 nitrogen and oxygen atoms in total. The highest BCUT2D eigenvalue weighted by molar-refractivity contribution is 7.89. The molecule has 0 bridgehead atoms. The highest BCUT2D eigenvalue weighted by atomic mass is 32.2. The van der Waals surface area contributed by atoms with Gasteiger partial charge in [-0.25, -0.2) is 8.42 Å². The van der Waals surface area contributed by atoms with Gasteiger partial charge in [0.2, 0.25) is 10.0 Å². The summed E-state index contributed by atoms with van der Waals surface area (Å²) in [6.45, 7) is 7.22. The Morgan fingerprint density at radius 1 is 1.42 bits per heavy atom. The van der Waals surface area contributed by atoms with Crippen molar-refractivity contribution in [3.63, 3.8) is 0 Å². The summed E-state index contributed by atoms with van der Waals surface area (Å²) in [5, 5.41) is 14.2. The maximum absolute atomic E-state index is 12.9. The van der Waals surface area contributed by atoms with E-state index in [0.717, 1.165) is 12.1 Å². The van der Waals surface area contributed by atoms with Gasteiger partial charge in [-0.05, 0) is 23.6 Å². The lowest BCUT2D eigenvalue weighted by molar-refractivity contribution is -0.384. The van der Waals surface area contributed by atoms with Crippen LogP contribution in [0.25, 0.3) is 10.4 Å². The minimum absolute atomic E-state index is 0.0196. The Kier molecular flexibility index (Phi) is 6.90. The third kappa shape index (κ3) is 4.54. The number of sulfonamides is 1. The van der Waals surface area contributed by atoms with E-state index in [9.17, 15) is 18.5 Å². The normalized spacial score (nSPS) is 12.7. The molecule has 1 atom stereocenters. The molecular formula is C14H19N5O4S. The Bertz CT molecular complexity index is 739. The minimum Gasteiger partial charge on any atom is -0.258 e. The fraction of sp³-hybridized carbons (Fsp3) is 0.429. The van der Waals surface area contributed by atoms with E-state index >= 15 is 0 Å². The zero-order valence-corrected chi connectivity index (χ0v) is 14.3. The van der Waals surface area contributed by atoms with E-state index in [4.69, 9.17) is 5.53 Å². The van der Waals surface area contributed by atoms with Gasteiger partial charge >= 0.3 is 0 Å². The van der Waals surface area contributed by atoms with Crippen molar-refractivity contribution in [2.24, 2.45) is 11.0 Å². The van der Waals surface area contributed by atoms with Gasteiger partial charge in [-0.1, -0.05) is 25.0 Å². The summed E-state index contributed by atoms with van der Waals surface area (Å²) < 4.78 is 27.0. The molecule has 0 heterocycles. The third-order valence-corrected chi connectivity index (χ3v) is 5.34. The van der Waals surface area contributed by atoms with E-state index < -0.39 is 21.0 Å². The lowest BCUT2D eigenvalue weighted by atomic mass is 10.0. The Morgan fingerprint density at radius 2 is 2.00 bits per heavy atom. The average Bonchev–Trinajstić information content (AvgIpc) is 2.53. The topological polar surface area (TPSA) is 129 Å². The fourth-order valence-corrected chi connectivity index (χ4v) is 3.89. The minimum atomic E-state index is -3.92. The molecule has 0 aliphatic heterocycles. The molecule has 0 fully saturated rings. The Morgan fingerprint density at radius 3 is 2.42 bits per heavy atom. The van der Waals surface area contributed by atoms with Gasteiger partial charge in [0.15, 0.2) is 0 Å². The van der Waals surface area contributed by atoms with Crippen LogP contribution in [0.5, 0.6) is 0 Å². The summed E-state index contributed by atoms with van der Waals surface area (Å²) in [5.41, 5.74) is 8.32.